The maximum absolute atomic E-state index is 11.6. The van der Waals surface area contributed by atoms with Gasteiger partial charge < -0.3 is 10.1 Å². The number of ether oxygens (including phenoxy) is 1. The average Bonchev–Trinajstić information content (AvgIpc) is 2.16. The molecule has 0 saturated carbocycles. The molecule has 1 heterocycles. The van der Waals surface area contributed by atoms with Crippen LogP contribution in [0.5, 0.6) is 0 Å². The first-order chi connectivity index (χ1) is 7.43. The van der Waals surface area contributed by atoms with Crippen molar-refractivity contribution in [1.29, 1.82) is 0 Å². The maximum Gasteiger partial charge on any atom is 0.228 e. The van der Waals surface area contributed by atoms with Crippen LogP contribution in [0.2, 0.25) is 5.15 Å². The lowest BCUT2D eigenvalue weighted by molar-refractivity contribution is -0.121. The third kappa shape index (κ3) is 4.12. The molecule has 6 heteroatoms. The van der Waals surface area contributed by atoms with Gasteiger partial charge in [0.05, 0.1) is 12.0 Å². The summed E-state index contributed by atoms with van der Waals surface area (Å²) in [6.45, 7) is 3.67. The molecule has 16 heavy (non-hydrogen) atoms. The van der Waals surface area contributed by atoms with E-state index in [4.69, 9.17) is 16.3 Å². The summed E-state index contributed by atoms with van der Waals surface area (Å²) in [5, 5.41) is 2.91. The number of nitrogens with zero attached hydrogens (tertiary/aromatic N) is 2. The molecule has 0 aliphatic carbocycles. The molecule has 1 aromatic heterocycles. The predicted octanol–water partition coefficient (Wildman–Crippen LogP) is 1.88. The van der Waals surface area contributed by atoms with Crippen LogP contribution >= 0.6 is 11.6 Å². The van der Waals surface area contributed by atoms with Gasteiger partial charge in [-0.15, -0.1) is 0 Å². The lowest BCUT2D eigenvalue weighted by atomic mass is 10.1. The number of methoxy groups -OCH3 is 1. The third-order valence-electron chi connectivity index (χ3n) is 2.04. The summed E-state index contributed by atoms with van der Waals surface area (Å²) in [4.78, 5) is 19.2. The van der Waals surface area contributed by atoms with Crippen LogP contribution < -0.4 is 5.32 Å². The molecular formula is C10H14ClN3O2. The van der Waals surface area contributed by atoms with Crippen LogP contribution in [0.25, 0.3) is 0 Å². The van der Waals surface area contributed by atoms with Gasteiger partial charge in [-0.2, -0.15) is 0 Å². The summed E-state index contributed by atoms with van der Waals surface area (Å²) >= 11 is 5.66. The standard InChI is InChI=1S/C10H14ClN3O2/c1-10(2,16-3)5-9(15)14-8-4-7(11)12-6-13-8/h4,6H,5H2,1-3H3,(H,12,13,14,15). The van der Waals surface area contributed by atoms with Gasteiger partial charge in [-0.05, 0) is 13.8 Å². The Kier molecular flexibility index (Phi) is 4.20. The van der Waals surface area contributed by atoms with Gasteiger partial charge in [0.25, 0.3) is 0 Å². The van der Waals surface area contributed by atoms with Gasteiger partial charge in [0.15, 0.2) is 0 Å². The highest BCUT2D eigenvalue weighted by atomic mass is 35.5. The van der Waals surface area contributed by atoms with E-state index < -0.39 is 5.60 Å². The van der Waals surface area contributed by atoms with Crippen molar-refractivity contribution in [2.24, 2.45) is 0 Å². The van der Waals surface area contributed by atoms with Gasteiger partial charge in [0, 0.05) is 13.2 Å². The molecule has 0 unspecified atom stereocenters. The monoisotopic (exact) mass is 243 g/mol. The Morgan fingerprint density at radius 1 is 1.56 bits per heavy atom. The van der Waals surface area contributed by atoms with Crippen LogP contribution in [-0.2, 0) is 9.53 Å². The van der Waals surface area contributed by atoms with Gasteiger partial charge >= 0.3 is 0 Å². The van der Waals surface area contributed by atoms with Crippen molar-refractivity contribution in [3.8, 4) is 0 Å². The Balaban J connectivity index is 2.59. The van der Waals surface area contributed by atoms with Crippen molar-refractivity contribution in [1.82, 2.24) is 9.97 Å². The summed E-state index contributed by atoms with van der Waals surface area (Å²) in [5.74, 6) is 0.207. The largest absolute Gasteiger partial charge is 0.378 e. The highest BCUT2D eigenvalue weighted by Gasteiger charge is 2.21. The molecule has 88 valence electrons. The van der Waals surface area contributed by atoms with E-state index in [1.54, 1.807) is 7.11 Å². The topological polar surface area (TPSA) is 64.1 Å². The van der Waals surface area contributed by atoms with E-state index in [0.29, 0.717) is 5.82 Å². The number of amides is 1. The molecular weight excluding hydrogens is 230 g/mol. The number of nitrogens with one attached hydrogen (secondary N) is 1. The van der Waals surface area contributed by atoms with Crippen molar-refractivity contribution in [3.63, 3.8) is 0 Å². The number of hydrogen-bond donors (Lipinski definition) is 1. The minimum Gasteiger partial charge on any atom is -0.378 e. The minimum atomic E-state index is -0.499. The second kappa shape index (κ2) is 5.23. The van der Waals surface area contributed by atoms with E-state index in [0.717, 1.165) is 0 Å². The molecule has 0 spiro atoms. The highest BCUT2D eigenvalue weighted by molar-refractivity contribution is 6.29. The molecule has 0 radical (unpaired) electrons. The Morgan fingerprint density at radius 3 is 2.81 bits per heavy atom. The van der Waals surface area contributed by atoms with Gasteiger partial charge in [0.1, 0.15) is 17.3 Å². The Hall–Kier alpha value is -1.20. The quantitative estimate of drug-likeness (QED) is 0.821. The molecule has 0 fully saturated rings. The lowest BCUT2D eigenvalue weighted by Gasteiger charge is -2.21. The fourth-order valence-electron chi connectivity index (χ4n) is 1.05. The van der Waals surface area contributed by atoms with E-state index >= 15 is 0 Å². The summed E-state index contributed by atoms with van der Waals surface area (Å²) in [6.07, 6.45) is 1.53. The summed E-state index contributed by atoms with van der Waals surface area (Å²) in [5.41, 5.74) is -0.499. The summed E-state index contributed by atoms with van der Waals surface area (Å²) < 4.78 is 5.15. The van der Waals surface area contributed by atoms with Gasteiger partial charge in [-0.3, -0.25) is 4.79 Å². The molecule has 0 saturated heterocycles. The number of rotatable bonds is 4. The average molecular weight is 244 g/mol. The first-order valence-corrected chi connectivity index (χ1v) is 5.13. The van der Waals surface area contributed by atoms with Crippen LogP contribution in [0.1, 0.15) is 20.3 Å². The number of aromatic nitrogens is 2. The van der Waals surface area contributed by atoms with Crippen molar-refractivity contribution in [2.75, 3.05) is 12.4 Å². The number of anilines is 1. The third-order valence-corrected chi connectivity index (χ3v) is 2.25. The number of halogens is 1. The highest BCUT2D eigenvalue weighted by Crippen LogP contribution is 2.15. The van der Waals surface area contributed by atoms with Crippen molar-refractivity contribution < 1.29 is 9.53 Å². The van der Waals surface area contributed by atoms with E-state index in [2.05, 4.69) is 15.3 Å². The zero-order valence-electron chi connectivity index (χ0n) is 9.45. The van der Waals surface area contributed by atoms with Crippen LogP contribution in [0.3, 0.4) is 0 Å². The Labute approximate surface area is 99.2 Å². The minimum absolute atomic E-state index is 0.179. The fourth-order valence-corrected chi connectivity index (χ4v) is 1.19. The lowest BCUT2D eigenvalue weighted by Crippen LogP contribution is -2.29. The predicted molar refractivity (Wildman–Crippen MR) is 61.4 cm³/mol. The smallest absolute Gasteiger partial charge is 0.228 e. The first kappa shape index (κ1) is 12.9. The van der Waals surface area contributed by atoms with Crippen molar-refractivity contribution >= 4 is 23.3 Å². The van der Waals surface area contributed by atoms with Crippen LogP contribution in [0.4, 0.5) is 5.82 Å². The number of hydrogen-bond acceptors (Lipinski definition) is 4. The zero-order chi connectivity index (χ0) is 12.2. The van der Waals surface area contributed by atoms with E-state index in [1.807, 2.05) is 13.8 Å². The Morgan fingerprint density at radius 2 is 2.25 bits per heavy atom. The Bertz CT molecular complexity index is 382. The maximum atomic E-state index is 11.6. The molecule has 0 bridgehead atoms. The van der Waals surface area contributed by atoms with E-state index in [9.17, 15) is 4.79 Å². The molecule has 0 aliphatic rings. The summed E-state index contributed by atoms with van der Waals surface area (Å²) in [6, 6.07) is 1.49. The normalized spacial score (nSPS) is 11.2. The van der Waals surface area contributed by atoms with Gasteiger partial charge in [-0.1, -0.05) is 11.6 Å². The molecule has 0 aliphatic heterocycles. The SMILES string of the molecule is COC(C)(C)CC(=O)Nc1cc(Cl)ncn1. The fraction of sp³-hybridized carbons (Fsp3) is 0.500. The summed E-state index contributed by atoms with van der Waals surface area (Å²) in [7, 11) is 1.56. The molecule has 0 aromatic carbocycles. The molecule has 0 atom stereocenters. The molecule has 1 rings (SSSR count). The van der Waals surface area contributed by atoms with Crippen LogP contribution in [0, 0.1) is 0 Å². The zero-order valence-corrected chi connectivity index (χ0v) is 10.2. The number of carbonyl (C=O) groups is 1. The van der Waals surface area contributed by atoms with Crippen molar-refractivity contribution in [3.05, 3.63) is 17.5 Å². The molecule has 5 nitrogen and oxygen atoms in total. The van der Waals surface area contributed by atoms with Crippen LogP contribution in [-0.4, -0.2) is 28.6 Å². The van der Waals surface area contributed by atoms with E-state index in [-0.39, 0.29) is 17.5 Å². The first-order valence-electron chi connectivity index (χ1n) is 4.75. The van der Waals surface area contributed by atoms with Gasteiger partial charge in [0.2, 0.25) is 5.91 Å². The van der Waals surface area contributed by atoms with Crippen LogP contribution in [0.15, 0.2) is 12.4 Å². The number of carbonyl (C=O) groups excluding carboxylic acids is 1. The molecule has 1 aromatic rings. The second-order valence-electron chi connectivity index (χ2n) is 3.91. The second-order valence-corrected chi connectivity index (χ2v) is 4.30. The molecule has 1 amide bonds. The van der Waals surface area contributed by atoms with E-state index in [1.165, 1.54) is 12.4 Å². The van der Waals surface area contributed by atoms with Gasteiger partial charge in [-0.25, -0.2) is 9.97 Å². The van der Waals surface area contributed by atoms with Crippen molar-refractivity contribution in [2.45, 2.75) is 25.9 Å². The molecule has 1 N–H and O–H groups in total.